The normalized spacial score (nSPS) is 18.6. The summed E-state index contributed by atoms with van der Waals surface area (Å²) in [6.45, 7) is 2.94. The fraction of sp³-hybridized carbons (Fsp3) is 0.294. The fourth-order valence-electron chi connectivity index (χ4n) is 1.91. The summed E-state index contributed by atoms with van der Waals surface area (Å²) in [5, 5.41) is 3.53. The minimum Gasteiger partial charge on any atom is -0.463 e. The predicted molar refractivity (Wildman–Crippen MR) is 87.1 cm³/mol. The van der Waals surface area contributed by atoms with Gasteiger partial charge in [-0.3, -0.25) is 4.79 Å². The number of nitrogens with zero attached hydrogens (tertiary/aromatic N) is 3. The van der Waals surface area contributed by atoms with E-state index in [1.165, 1.54) is 6.92 Å². The first-order chi connectivity index (χ1) is 11.6. The van der Waals surface area contributed by atoms with E-state index < -0.39 is 24.1 Å². The topological polar surface area (TPSA) is 101 Å². The fourth-order valence-corrected chi connectivity index (χ4v) is 1.91. The third-order valence-electron chi connectivity index (χ3n) is 2.86. The van der Waals surface area contributed by atoms with E-state index in [4.69, 9.17) is 15.0 Å². The molecule has 0 aliphatic heterocycles. The van der Waals surface area contributed by atoms with Crippen LogP contribution in [0.5, 0.6) is 0 Å². The first-order valence-corrected chi connectivity index (χ1v) is 7.36. The van der Waals surface area contributed by atoms with Crippen molar-refractivity contribution in [1.82, 2.24) is 0 Å². The summed E-state index contributed by atoms with van der Waals surface area (Å²) < 4.78 is 9.76. The second-order valence-electron chi connectivity index (χ2n) is 4.61. The molecule has 0 aromatic rings. The zero-order chi connectivity index (χ0) is 17.8. The SMILES string of the molecule is CCOC(=O)[C@@H](OC(C)=O)[C@H](N=[N+]=[N-])[C]1[CH][CH][CH][CH]1.[CH]1[CH][CH][CH][CH]1.[Fe+2]. The number of hydrogen-bond donors (Lipinski definition) is 0. The molecule has 25 heavy (non-hydrogen) atoms. The summed E-state index contributed by atoms with van der Waals surface area (Å²) in [6, 6.07) is -0.942. The number of carbonyl (C=O) groups excluding carboxylic acids is 2. The molecule has 2 aliphatic rings. The Morgan fingerprint density at radius 2 is 1.64 bits per heavy atom. The first-order valence-electron chi connectivity index (χ1n) is 7.36. The molecular weight excluding hydrogens is 366 g/mol. The number of rotatable bonds is 6. The smallest absolute Gasteiger partial charge is 0.463 e. The molecule has 2 saturated carbocycles. The largest absolute Gasteiger partial charge is 2.00 e. The molecule has 0 aromatic heterocycles. The van der Waals surface area contributed by atoms with Crippen LogP contribution >= 0.6 is 0 Å². The minimum atomic E-state index is -1.28. The molecule has 2 aliphatic carbocycles. The van der Waals surface area contributed by atoms with Crippen LogP contribution in [0.25, 0.3) is 10.4 Å². The molecule has 7 nitrogen and oxygen atoms in total. The average Bonchev–Trinajstić information content (AvgIpc) is 3.26. The van der Waals surface area contributed by atoms with E-state index in [2.05, 4.69) is 10.0 Å². The number of hydrogen-bond acceptors (Lipinski definition) is 5. The van der Waals surface area contributed by atoms with E-state index in [0.29, 0.717) is 5.92 Å². The molecule has 10 radical (unpaired) electrons. The molecule has 2 fully saturated rings. The summed E-state index contributed by atoms with van der Waals surface area (Å²) in [6.07, 6.45) is 15.5. The quantitative estimate of drug-likeness (QED) is 0.231. The van der Waals surface area contributed by atoms with Crippen LogP contribution in [0.4, 0.5) is 0 Å². The van der Waals surface area contributed by atoms with Crippen LogP contribution in [0, 0.1) is 63.7 Å². The summed E-state index contributed by atoms with van der Waals surface area (Å²) in [4.78, 5) is 25.6. The van der Waals surface area contributed by atoms with Gasteiger partial charge in [-0.15, -0.1) is 0 Å². The number of azide groups is 1. The Hall–Kier alpha value is -1.23. The molecule has 0 bridgehead atoms. The van der Waals surface area contributed by atoms with E-state index in [1.54, 1.807) is 32.6 Å². The van der Waals surface area contributed by atoms with Crippen molar-refractivity contribution in [1.29, 1.82) is 0 Å². The summed E-state index contributed by atoms with van der Waals surface area (Å²) in [5.41, 5.74) is 8.60. The minimum absolute atomic E-state index is 0. The van der Waals surface area contributed by atoms with Crippen LogP contribution in [-0.2, 0) is 36.1 Å². The van der Waals surface area contributed by atoms with Crippen LogP contribution in [-0.4, -0.2) is 30.7 Å². The van der Waals surface area contributed by atoms with E-state index >= 15 is 0 Å². The van der Waals surface area contributed by atoms with Gasteiger partial charge in [-0.1, -0.05) is 5.11 Å². The standard InChI is InChI=1S/C12H14N3O4.C5H5.Fe/c1-3-18-12(17)11(19-8(2)16)10(14-15-13)9-6-4-5-7-9;1-2-4-5-3-1;/h4-7,10-11H,3H2,1-2H3;1-5H;/q;;+2/t10-,11+;;/m1../s1. The van der Waals surface area contributed by atoms with Crippen molar-refractivity contribution in [3.8, 4) is 0 Å². The zero-order valence-electron chi connectivity index (χ0n) is 13.9. The maximum Gasteiger partial charge on any atom is 2.00 e. The molecule has 0 aromatic carbocycles. The Morgan fingerprint density at radius 1 is 1.12 bits per heavy atom. The first kappa shape index (κ1) is 23.8. The van der Waals surface area contributed by atoms with E-state index in [0.717, 1.165) is 0 Å². The molecule has 0 unspecified atom stereocenters. The maximum absolute atomic E-state index is 11.8. The van der Waals surface area contributed by atoms with Crippen LogP contribution in [0.15, 0.2) is 5.11 Å². The molecule has 2 rings (SSSR count). The van der Waals surface area contributed by atoms with Crippen molar-refractivity contribution in [3.63, 3.8) is 0 Å². The van der Waals surface area contributed by atoms with Gasteiger partial charge in [0.25, 0.3) is 0 Å². The van der Waals surface area contributed by atoms with Crippen molar-refractivity contribution >= 4 is 11.9 Å². The maximum atomic E-state index is 11.8. The van der Waals surface area contributed by atoms with Gasteiger partial charge in [-0.2, -0.15) is 0 Å². The van der Waals surface area contributed by atoms with Gasteiger partial charge in [0.05, 0.1) is 12.6 Å². The summed E-state index contributed by atoms with van der Waals surface area (Å²) in [5.74, 6) is -0.809. The Balaban J connectivity index is 0.000000820. The van der Waals surface area contributed by atoms with E-state index in [-0.39, 0.29) is 23.7 Å². The third-order valence-corrected chi connectivity index (χ3v) is 2.86. The van der Waals surface area contributed by atoms with E-state index in [1.807, 2.05) is 32.1 Å². The van der Waals surface area contributed by atoms with E-state index in [9.17, 15) is 9.59 Å². The summed E-state index contributed by atoms with van der Waals surface area (Å²) in [7, 11) is 0. The molecular formula is C17H19FeN3O4+2. The summed E-state index contributed by atoms with van der Waals surface area (Å²) >= 11 is 0. The Bertz CT molecular complexity index is 438. The van der Waals surface area contributed by atoms with Crippen LogP contribution < -0.4 is 0 Å². The number of esters is 2. The Kier molecular flexibility index (Phi) is 13.3. The van der Waals surface area contributed by atoms with Gasteiger partial charge in [-0.05, 0) is 76.2 Å². The zero-order valence-corrected chi connectivity index (χ0v) is 15.0. The average molecular weight is 385 g/mol. The van der Waals surface area contributed by atoms with Crippen molar-refractivity contribution in [2.75, 3.05) is 6.61 Å². The van der Waals surface area contributed by atoms with Gasteiger partial charge in [0.1, 0.15) is 0 Å². The van der Waals surface area contributed by atoms with Gasteiger partial charge >= 0.3 is 29.0 Å². The molecule has 8 heteroatoms. The van der Waals surface area contributed by atoms with Gasteiger partial charge in [-0.25, -0.2) is 4.79 Å². The van der Waals surface area contributed by atoms with Crippen LogP contribution in [0.3, 0.4) is 0 Å². The van der Waals surface area contributed by atoms with Crippen molar-refractivity contribution < 1.29 is 36.1 Å². The van der Waals surface area contributed by atoms with Gasteiger partial charge < -0.3 is 9.47 Å². The van der Waals surface area contributed by atoms with Crippen LogP contribution in [0.2, 0.25) is 0 Å². The van der Waals surface area contributed by atoms with Crippen molar-refractivity contribution in [2.45, 2.75) is 26.0 Å². The van der Waals surface area contributed by atoms with Crippen molar-refractivity contribution in [3.05, 3.63) is 74.1 Å². The molecule has 0 amide bonds. The molecule has 2 atom stereocenters. The predicted octanol–water partition coefficient (Wildman–Crippen LogP) is 2.58. The third kappa shape index (κ3) is 9.15. The number of ether oxygens (including phenoxy) is 2. The van der Waals surface area contributed by atoms with Gasteiger partial charge in [0, 0.05) is 11.8 Å². The molecule has 0 saturated heterocycles. The Morgan fingerprint density at radius 3 is 2.04 bits per heavy atom. The second-order valence-corrected chi connectivity index (χ2v) is 4.61. The van der Waals surface area contributed by atoms with Gasteiger partial charge in [0.15, 0.2) is 0 Å². The molecule has 0 heterocycles. The van der Waals surface area contributed by atoms with Crippen molar-refractivity contribution in [2.24, 2.45) is 5.11 Å². The molecule has 132 valence electrons. The molecule has 0 N–H and O–H groups in total. The number of carbonyl (C=O) groups is 2. The monoisotopic (exact) mass is 385 g/mol. The second kappa shape index (κ2) is 14.0. The van der Waals surface area contributed by atoms with Crippen LogP contribution in [0.1, 0.15) is 13.8 Å². The Labute approximate surface area is 160 Å². The van der Waals surface area contributed by atoms with Gasteiger partial charge in [0.2, 0.25) is 6.10 Å². The molecule has 0 spiro atoms.